The molecule has 2 heterocycles. The Hall–Kier alpha value is -0.720. The highest BCUT2D eigenvalue weighted by atomic mass is 79.9. The first-order valence-electron chi connectivity index (χ1n) is 4.54. The van der Waals surface area contributed by atoms with Gasteiger partial charge in [0.1, 0.15) is 4.88 Å². The number of hydrogen-bond acceptors (Lipinski definition) is 4. The molecule has 0 atom stereocenters. The van der Waals surface area contributed by atoms with Crippen LogP contribution >= 0.6 is 38.6 Å². The SMILES string of the molecule is CN(Cc1cscn1)C(=O)c1sccc1Br. The summed E-state index contributed by atoms with van der Waals surface area (Å²) in [5.41, 5.74) is 2.70. The van der Waals surface area contributed by atoms with Gasteiger partial charge in [-0.2, -0.15) is 0 Å². The van der Waals surface area contributed by atoms with Crippen LogP contribution in [0.3, 0.4) is 0 Å². The highest BCUT2D eigenvalue weighted by Gasteiger charge is 2.16. The Morgan fingerprint density at radius 2 is 2.44 bits per heavy atom. The molecule has 0 saturated carbocycles. The predicted octanol–water partition coefficient (Wildman–Crippen LogP) is 3.24. The molecule has 0 N–H and O–H groups in total. The zero-order chi connectivity index (χ0) is 11.5. The van der Waals surface area contributed by atoms with Crippen LogP contribution in [-0.4, -0.2) is 22.8 Å². The van der Waals surface area contributed by atoms with Gasteiger partial charge in [-0.3, -0.25) is 4.79 Å². The van der Waals surface area contributed by atoms with Crippen LogP contribution in [0, 0.1) is 0 Å². The lowest BCUT2D eigenvalue weighted by Crippen LogP contribution is -2.25. The molecular weight excluding hydrogens is 308 g/mol. The number of nitrogens with zero attached hydrogens (tertiary/aromatic N) is 2. The quantitative estimate of drug-likeness (QED) is 0.871. The van der Waals surface area contributed by atoms with Gasteiger partial charge in [0.25, 0.3) is 5.91 Å². The van der Waals surface area contributed by atoms with Crippen LogP contribution in [0.25, 0.3) is 0 Å². The van der Waals surface area contributed by atoms with Crippen LogP contribution in [-0.2, 0) is 6.54 Å². The number of amides is 1. The summed E-state index contributed by atoms with van der Waals surface area (Å²) in [5, 5.41) is 3.85. The maximum Gasteiger partial charge on any atom is 0.265 e. The first-order valence-corrected chi connectivity index (χ1v) is 7.15. The van der Waals surface area contributed by atoms with Crippen molar-refractivity contribution in [3.05, 3.63) is 37.4 Å². The average molecular weight is 317 g/mol. The number of thiophene rings is 1. The van der Waals surface area contributed by atoms with Crippen molar-refractivity contribution in [1.82, 2.24) is 9.88 Å². The number of halogens is 1. The van der Waals surface area contributed by atoms with E-state index in [1.807, 2.05) is 16.8 Å². The Morgan fingerprint density at radius 1 is 1.62 bits per heavy atom. The van der Waals surface area contributed by atoms with Gasteiger partial charge in [-0.15, -0.1) is 22.7 Å². The molecule has 0 radical (unpaired) electrons. The van der Waals surface area contributed by atoms with E-state index in [0.717, 1.165) is 15.0 Å². The Labute approximate surface area is 110 Å². The molecule has 0 aromatic carbocycles. The van der Waals surface area contributed by atoms with Crippen molar-refractivity contribution in [3.8, 4) is 0 Å². The molecule has 0 saturated heterocycles. The first-order chi connectivity index (χ1) is 7.68. The van der Waals surface area contributed by atoms with Gasteiger partial charge < -0.3 is 4.90 Å². The largest absolute Gasteiger partial charge is 0.335 e. The van der Waals surface area contributed by atoms with Crippen molar-refractivity contribution in [3.63, 3.8) is 0 Å². The highest BCUT2D eigenvalue weighted by Crippen LogP contribution is 2.24. The molecule has 0 aliphatic rings. The van der Waals surface area contributed by atoms with Gasteiger partial charge in [0.05, 0.1) is 17.7 Å². The van der Waals surface area contributed by atoms with Crippen LogP contribution in [0.5, 0.6) is 0 Å². The fourth-order valence-corrected chi connectivity index (χ4v) is 3.33. The van der Waals surface area contributed by atoms with Crippen LogP contribution in [0.1, 0.15) is 15.4 Å². The summed E-state index contributed by atoms with van der Waals surface area (Å²) in [6.07, 6.45) is 0. The van der Waals surface area contributed by atoms with Gasteiger partial charge in [-0.25, -0.2) is 4.98 Å². The van der Waals surface area contributed by atoms with E-state index in [-0.39, 0.29) is 5.91 Å². The average Bonchev–Trinajstić information content (AvgIpc) is 2.88. The number of carbonyl (C=O) groups excluding carboxylic acids is 1. The van der Waals surface area contributed by atoms with Crippen molar-refractivity contribution >= 4 is 44.5 Å². The summed E-state index contributed by atoms with van der Waals surface area (Å²) in [7, 11) is 1.79. The van der Waals surface area contributed by atoms with E-state index in [9.17, 15) is 4.79 Å². The third kappa shape index (κ3) is 2.50. The molecule has 0 bridgehead atoms. The van der Waals surface area contributed by atoms with E-state index in [0.29, 0.717) is 6.54 Å². The maximum atomic E-state index is 12.0. The fourth-order valence-electron chi connectivity index (χ4n) is 1.25. The fraction of sp³-hybridized carbons (Fsp3) is 0.200. The monoisotopic (exact) mass is 316 g/mol. The van der Waals surface area contributed by atoms with Gasteiger partial charge in [0.2, 0.25) is 0 Å². The summed E-state index contributed by atoms with van der Waals surface area (Å²) in [5.74, 6) is 0.0230. The van der Waals surface area contributed by atoms with Gasteiger partial charge in [0.15, 0.2) is 0 Å². The van der Waals surface area contributed by atoms with Gasteiger partial charge in [0, 0.05) is 16.9 Å². The minimum Gasteiger partial charge on any atom is -0.335 e. The predicted molar refractivity (Wildman–Crippen MR) is 69.9 cm³/mol. The first kappa shape index (κ1) is 11.8. The summed E-state index contributed by atoms with van der Waals surface area (Å²) in [6.45, 7) is 0.548. The minimum absolute atomic E-state index is 0.0230. The van der Waals surface area contributed by atoms with Crippen molar-refractivity contribution in [2.24, 2.45) is 0 Å². The van der Waals surface area contributed by atoms with Gasteiger partial charge in [-0.05, 0) is 27.4 Å². The minimum atomic E-state index is 0.0230. The van der Waals surface area contributed by atoms with E-state index in [1.165, 1.54) is 22.7 Å². The molecule has 1 amide bonds. The number of rotatable bonds is 3. The van der Waals surface area contributed by atoms with E-state index in [1.54, 1.807) is 17.5 Å². The molecule has 0 aliphatic heterocycles. The molecule has 0 spiro atoms. The molecule has 6 heteroatoms. The third-order valence-electron chi connectivity index (χ3n) is 2.04. The van der Waals surface area contributed by atoms with E-state index < -0.39 is 0 Å². The molecule has 3 nitrogen and oxygen atoms in total. The summed E-state index contributed by atoms with van der Waals surface area (Å²) < 4.78 is 0.854. The number of aromatic nitrogens is 1. The number of hydrogen-bond donors (Lipinski definition) is 0. The van der Waals surface area contributed by atoms with Crippen molar-refractivity contribution in [2.75, 3.05) is 7.05 Å². The smallest absolute Gasteiger partial charge is 0.265 e. The van der Waals surface area contributed by atoms with Gasteiger partial charge in [-0.1, -0.05) is 0 Å². The highest BCUT2D eigenvalue weighted by molar-refractivity contribution is 9.10. The van der Waals surface area contributed by atoms with E-state index in [2.05, 4.69) is 20.9 Å². The third-order valence-corrected chi connectivity index (χ3v) is 4.50. The lowest BCUT2D eigenvalue weighted by molar-refractivity contribution is 0.0787. The second kappa shape index (κ2) is 5.07. The molecule has 0 aliphatic carbocycles. The normalized spacial score (nSPS) is 10.4. The Bertz CT molecular complexity index is 481. The molecule has 0 fully saturated rings. The van der Waals surface area contributed by atoms with Crippen LogP contribution in [0.15, 0.2) is 26.8 Å². The Balaban J connectivity index is 2.08. The zero-order valence-electron chi connectivity index (χ0n) is 8.51. The summed E-state index contributed by atoms with van der Waals surface area (Å²) >= 11 is 6.34. The molecule has 2 rings (SSSR count). The topological polar surface area (TPSA) is 33.2 Å². The number of carbonyl (C=O) groups is 1. The standard InChI is InChI=1S/C10H9BrN2OS2/c1-13(4-7-5-15-6-12-7)10(14)9-8(11)2-3-16-9/h2-3,5-6H,4H2,1H3. The maximum absolute atomic E-state index is 12.0. The summed E-state index contributed by atoms with van der Waals surface area (Å²) in [4.78, 5) is 18.6. The van der Waals surface area contributed by atoms with Crippen LogP contribution in [0.2, 0.25) is 0 Å². The van der Waals surface area contributed by atoms with Crippen molar-refractivity contribution in [1.29, 1.82) is 0 Å². The Morgan fingerprint density at radius 3 is 3.00 bits per heavy atom. The summed E-state index contributed by atoms with van der Waals surface area (Å²) in [6, 6.07) is 1.88. The van der Waals surface area contributed by atoms with E-state index >= 15 is 0 Å². The molecular formula is C10H9BrN2OS2. The van der Waals surface area contributed by atoms with Crippen molar-refractivity contribution in [2.45, 2.75) is 6.54 Å². The molecule has 84 valence electrons. The van der Waals surface area contributed by atoms with Crippen LogP contribution in [0.4, 0.5) is 0 Å². The second-order valence-corrected chi connectivity index (χ2v) is 5.73. The van der Waals surface area contributed by atoms with E-state index in [4.69, 9.17) is 0 Å². The zero-order valence-corrected chi connectivity index (χ0v) is 11.7. The molecule has 16 heavy (non-hydrogen) atoms. The lowest BCUT2D eigenvalue weighted by atomic mass is 10.4. The van der Waals surface area contributed by atoms with Gasteiger partial charge >= 0.3 is 0 Å². The lowest BCUT2D eigenvalue weighted by Gasteiger charge is -2.14. The number of thiazole rings is 1. The molecule has 0 unspecified atom stereocenters. The molecule has 2 aromatic rings. The van der Waals surface area contributed by atoms with Crippen LogP contribution < -0.4 is 0 Å². The Kier molecular flexibility index (Phi) is 3.73. The van der Waals surface area contributed by atoms with Crippen molar-refractivity contribution < 1.29 is 4.79 Å². The second-order valence-electron chi connectivity index (χ2n) is 3.24. The molecule has 2 aromatic heterocycles.